The van der Waals surface area contributed by atoms with Crippen molar-refractivity contribution in [3.8, 4) is 11.5 Å². The van der Waals surface area contributed by atoms with Crippen LogP contribution in [0, 0.1) is 20.8 Å². The molecule has 7 heteroatoms. The lowest BCUT2D eigenvalue weighted by Crippen LogP contribution is -2.28. The van der Waals surface area contributed by atoms with Gasteiger partial charge in [0.1, 0.15) is 23.0 Å². The summed E-state index contributed by atoms with van der Waals surface area (Å²) in [5, 5.41) is 0.662. The summed E-state index contributed by atoms with van der Waals surface area (Å²) in [6.45, 7) is 5.99. The fourth-order valence-corrected chi connectivity index (χ4v) is 3.63. The normalized spacial score (nSPS) is 11.4. The first-order valence-electron chi connectivity index (χ1n) is 7.78. The van der Waals surface area contributed by atoms with Crippen molar-refractivity contribution in [2.45, 2.75) is 25.7 Å². The summed E-state index contributed by atoms with van der Waals surface area (Å²) in [6, 6.07) is 8.63. The third-order valence-corrected chi connectivity index (χ3v) is 5.77. The quantitative estimate of drug-likeness (QED) is 0.741. The van der Waals surface area contributed by atoms with Crippen molar-refractivity contribution in [1.82, 2.24) is 4.72 Å². The molecule has 2 rings (SSSR count). The van der Waals surface area contributed by atoms with Gasteiger partial charge in [0.05, 0.1) is 7.11 Å². The van der Waals surface area contributed by atoms with Crippen LogP contribution in [0.3, 0.4) is 0 Å². The zero-order valence-electron chi connectivity index (χ0n) is 14.7. The lowest BCUT2D eigenvalue weighted by Gasteiger charge is -2.13. The summed E-state index contributed by atoms with van der Waals surface area (Å²) < 4.78 is 38.3. The summed E-state index contributed by atoms with van der Waals surface area (Å²) in [7, 11) is -2.23. The summed E-state index contributed by atoms with van der Waals surface area (Å²) in [4.78, 5) is 0.125. The van der Waals surface area contributed by atoms with Gasteiger partial charge < -0.3 is 9.47 Å². The standard InChI is InChI=1S/C18H22ClNO4S/c1-12-10-17(23-4)18(11-13(12)2)25(21,22)20-7-8-24-15-5-6-16(19)14(3)9-15/h5-6,9-11,20H,7-8H2,1-4H3. The number of ether oxygens (including phenoxy) is 2. The minimum Gasteiger partial charge on any atom is -0.495 e. The SMILES string of the molecule is COc1cc(C)c(C)cc1S(=O)(=O)NCCOc1ccc(Cl)c(C)c1. The van der Waals surface area contributed by atoms with E-state index >= 15 is 0 Å². The topological polar surface area (TPSA) is 64.6 Å². The second-order valence-corrected chi connectivity index (χ2v) is 7.89. The fourth-order valence-electron chi connectivity index (χ4n) is 2.26. The van der Waals surface area contributed by atoms with Gasteiger partial charge in [0.2, 0.25) is 10.0 Å². The highest BCUT2D eigenvalue weighted by Gasteiger charge is 2.20. The van der Waals surface area contributed by atoms with E-state index in [2.05, 4.69) is 4.72 Å². The van der Waals surface area contributed by atoms with E-state index in [1.54, 1.807) is 24.3 Å². The zero-order chi connectivity index (χ0) is 18.6. The number of hydrogen-bond donors (Lipinski definition) is 1. The molecule has 0 aliphatic rings. The fraction of sp³-hybridized carbons (Fsp3) is 0.333. The molecule has 0 bridgehead atoms. The van der Waals surface area contributed by atoms with Gasteiger partial charge in [-0.05, 0) is 67.8 Å². The molecule has 0 atom stereocenters. The Kier molecular flexibility index (Phi) is 6.32. The van der Waals surface area contributed by atoms with E-state index in [-0.39, 0.29) is 18.0 Å². The van der Waals surface area contributed by atoms with Crippen LogP contribution >= 0.6 is 11.6 Å². The van der Waals surface area contributed by atoms with Crippen molar-refractivity contribution in [3.63, 3.8) is 0 Å². The second kappa shape index (κ2) is 8.08. The van der Waals surface area contributed by atoms with Crippen LogP contribution in [0.2, 0.25) is 5.02 Å². The minimum absolute atomic E-state index is 0.125. The highest BCUT2D eigenvalue weighted by Crippen LogP contribution is 2.27. The van der Waals surface area contributed by atoms with Crippen LogP contribution in [0.5, 0.6) is 11.5 Å². The van der Waals surface area contributed by atoms with E-state index in [4.69, 9.17) is 21.1 Å². The van der Waals surface area contributed by atoms with E-state index < -0.39 is 10.0 Å². The maximum Gasteiger partial charge on any atom is 0.244 e. The smallest absolute Gasteiger partial charge is 0.244 e. The van der Waals surface area contributed by atoms with Gasteiger partial charge in [0.15, 0.2) is 0 Å². The van der Waals surface area contributed by atoms with Crippen LogP contribution in [0.1, 0.15) is 16.7 Å². The van der Waals surface area contributed by atoms with E-state index in [0.717, 1.165) is 16.7 Å². The average Bonchev–Trinajstić information content (AvgIpc) is 2.56. The number of halogens is 1. The molecule has 25 heavy (non-hydrogen) atoms. The molecule has 0 saturated carbocycles. The van der Waals surface area contributed by atoms with E-state index in [1.165, 1.54) is 7.11 Å². The Morgan fingerprint density at radius 2 is 1.72 bits per heavy atom. The number of aryl methyl sites for hydroxylation is 3. The Bertz CT molecular complexity index is 866. The first-order valence-corrected chi connectivity index (χ1v) is 9.64. The van der Waals surface area contributed by atoms with Crippen molar-refractivity contribution in [3.05, 3.63) is 52.0 Å². The van der Waals surface area contributed by atoms with Crippen molar-refractivity contribution in [1.29, 1.82) is 0 Å². The van der Waals surface area contributed by atoms with Gasteiger partial charge in [0.25, 0.3) is 0 Å². The number of benzene rings is 2. The van der Waals surface area contributed by atoms with Gasteiger partial charge in [-0.1, -0.05) is 11.6 Å². The van der Waals surface area contributed by atoms with Gasteiger partial charge in [-0.3, -0.25) is 0 Å². The van der Waals surface area contributed by atoms with Crippen molar-refractivity contribution in [2.75, 3.05) is 20.3 Å². The molecule has 0 spiro atoms. The maximum absolute atomic E-state index is 12.5. The van der Waals surface area contributed by atoms with Crippen molar-refractivity contribution < 1.29 is 17.9 Å². The number of rotatable bonds is 7. The highest BCUT2D eigenvalue weighted by atomic mass is 35.5. The molecule has 0 heterocycles. The molecule has 0 aliphatic heterocycles. The molecule has 0 aromatic heterocycles. The molecule has 5 nitrogen and oxygen atoms in total. The predicted molar refractivity (Wildman–Crippen MR) is 99.3 cm³/mol. The highest BCUT2D eigenvalue weighted by molar-refractivity contribution is 7.89. The number of hydrogen-bond acceptors (Lipinski definition) is 4. The Hall–Kier alpha value is -1.76. The Labute approximate surface area is 154 Å². The molecule has 2 aromatic carbocycles. The average molecular weight is 384 g/mol. The minimum atomic E-state index is -3.69. The third-order valence-electron chi connectivity index (χ3n) is 3.86. The predicted octanol–water partition coefficient (Wildman–Crippen LogP) is 3.63. The van der Waals surface area contributed by atoms with E-state index in [1.807, 2.05) is 26.8 Å². The van der Waals surface area contributed by atoms with Crippen LogP contribution in [0.15, 0.2) is 35.2 Å². The monoisotopic (exact) mass is 383 g/mol. The molecule has 1 N–H and O–H groups in total. The molecule has 0 amide bonds. The summed E-state index contributed by atoms with van der Waals surface area (Å²) in [5.41, 5.74) is 2.76. The molecule has 0 unspecified atom stereocenters. The lowest BCUT2D eigenvalue weighted by atomic mass is 10.1. The molecular formula is C18H22ClNO4S. The van der Waals surface area contributed by atoms with Crippen molar-refractivity contribution in [2.24, 2.45) is 0 Å². The first-order chi connectivity index (χ1) is 11.7. The van der Waals surface area contributed by atoms with Gasteiger partial charge >= 0.3 is 0 Å². The van der Waals surface area contributed by atoms with Crippen molar-refractivity contribution >= 4 is 21.6 Å². The molecule has 0 saturated heterocycles. The van der Waals surface area contributed by atoms with Gasteiger partial charge in [0, 0.05) is 11.6 Å². The first kappa shape index (κ1) is 19.6. The maximum atomic E-state index is 12.5. The van der Waals surface area contributed by atoms with Crippen LogP contribution in [-0.2, 0) is 10.0 Å². The van der Waals surface area contributed by atoms with Crippen LogP contribution in [0.25, 0.3) is 0 Å². The van der Waals surface area contributed by atoms with Gasteiger partial charge in [-0.15, -0.1) is 0 Å². The Morgan fingerprint density at radius 1 is 1.04 bits per heavy atom. The molecular weight excluding hydrogens is 362 g/mol. The number of methoxy groups -OCH3 is 1. The zero-order valence-corrected chi connectivity index (χ0v) is 16.3. The summed E-state index contributed by atoms with van der Waals surface area (Å²) >= 11 is 5.96. The second-order valence-electron chi connectivity index (χ2n) is 5.74. The van der Waals surface area contributed by atoms with Crippen LogP contribution in [0.4, 0.5) is 0 Å². The number of sulfonamides is 1. The molecule has 0 fully saturated rings. The molecule has 0 aliphatic carbocycles. The van der Waals surface area contributed by atoms with Crippen LogP contribution < -0.4 is 14.2 Å². The number of nitrogens with one attached hydrogen (secondary N) is 1. The van der Waals surface area contributed by atoms with Gasteiger partial charge in [-0.25, -0.2) is 13.1 Å². The van der Waals surface area contributed by atoms with Gasteiger partial charge in [-0.2, -0.15) is 0 Å². The Balaban J connectivity index is 2.02. The van der Waals surface area contributed by atoms with E-state index in [9.17, 15) is 8.42 Å². The van der Waals surface area contributed by atoms with E-state index in [0.29, 0.717) is 16.5 Å². The summed E-state index contributed by atoms with van der Waals surface area (Å²) in [6.07, 6.45) is 0. The largest absolute Gasteiger partial charge is 0.495 e. The molecule has 136 valence electrons. The van der Waals surface area contributed by atoms with Crippen LogP contribution in [-0.4, -0.2) is 28.7 Å². The third kappa shape index (κ3) is 4.87. The lowest BCUT2D eigenvalue weighted by molar-refractivity contribution is 0.322. The molecule has 2 aromatic rings. The summed E-state index contributed by atoms with van der Waals surface area (Å²) in [5.74, 6) is 0.967. The molecule has 0 radical (unpaired) electrons. The Morgan fingerprint density at radius 3 is 2.36 bits per heavy atom.